The van der Waals surface area contributed by atoms with Crippen molar-refractivity contribution >= 4 is 22.3 Å². The molecule has 0 atom stereocenters. The number of nitro groups is 1. The number of benzene rings is 1. The molecule has 0 N–H and O–H groups in total. The van der Waals surface area contributed by atoms with Crippen LogP contribution >= 0.6 is 0 Å². The van der Waals surface area contributed by atoms with Gasteiger partial charge in [0, 0.05) is 25.0 Å². The largest absolute Gasteiger partial charge is 0.366 e. The lowest BCUT2D eigenvalue weighted by molar-refractivity contribution is -0.385. The fourth-order valence-electron chi connectivity index (χ4n) is 2.71. The van der Waals surface area contributed by atoms with Gasteiger partial charge >= 0.3 is 11.2 Å². The molecule has 0 saturated carbocycles. The van der Waals surface area contributed by atoms with Crippen LogP contribution in [0.3, 0.4) is 0 Å². The minimum atomic E-state index is -0.561. The molecule has 0 unspecified atom stereocenters. The number of aryl methyl sites for hydroxylation is 1. The number of nitrogens with zero attached hydrogens (tertiary/aromatic N) is 3. The Morgan fingerprint density at radius 2 is 1.81 bits per heavy atom. The monoisotopic (exact) mass is 289 g/mol. The van der Waals surface area contributed by atoms with Crippen LogP contribution in [0.5, 0.6) is 0 Å². The molecule has 0 aliphatic carbocycles. The molecule has 1 aromatic heterocycles. The predicted octanol–water partition coefficient (Wildman–Crippen LogP) is 2.78. The maximum atomic E-state index is 12.5. The maximum Gasteiger partial charge on any atom is 0.357 e. The molecule has 0 spiro atoms. The van der Waals surface area contributed by atoms with Gasteiger partial charge in [0.1, 0.15) is 5.69 Å². The summed E-state index contributed by atoms with van der Waals surface area (Å²) >= 11 is 0. The number of hydrogen-bond donors (Lipinski definition) is 0. The third-order valence-electron chi connectivity index (χ3n) is 3.70. The van der Waals surface area contributed by atoms with Gasteiger partial charge in [0.05, 0.1) is 10.4 Å². The van der Waals surface area contributed by atoms with Crippen LogP contribution < -0.4 is 10.5 Å². The van der Waals surface area contributed by atoms with Crippen LogP contribution in [-0.4, -0.2) is 22.6 Å². The minimum Gasteiger partial charge on any atom is -0.366 e. The molecule has 0 amide bonds. The zero-order valence-electron chi connectivity index (χ0n) is 12.5. The van der Waals surface area contributed by atoms with Gasteiger partial charge in [-0.25, -0.2) is 0 Å². The van der Waals surface area contributed by atoms with Crippen LogP contribution in [0.25, 0.3) is 10.9 Å². The maximum absolute atomic E-state index is 12.5. The Morgan fingerprint density at radius 3 is 2.33 bits per heavy atom. The van der Waals surface area contributed by atoms with Gasteiger partial charge in [-0.3, -0.25) is 14.9 Å². The fourth-order valence-corrected chi connectivity index (χ4v) is 2.71. The fraction of sp³-hybridized carbons (Fsp3) is 0.400. The third-order valence-corrected chi connectivity index (χ3v) is 3.70. The van der Waals surface area contributed by atoms with E-state index in [2.05, 4.69) is 0 Å². The molecule has 0 radical (unpaired) electrons. The van der Waals surface area contributed by atoms with Gasteiger partial charge in [-0.1, -0.05) is 18.2 Å². The molecule has 0 fully saturated rings. The van der Waals surface area contributed by atoms with Crippen molar-refractivity contribution in [2.45, 2.75) is 27.3 Å². The zero-order valence-corrected chi connectivity index (χ0v) is 12.5. The molecule has 21 heavy (non-hydrogen) atoms. The number of fused-ring (bicyclic) bond motifs is 1. The quantitative estimate of drug-likeness (QED) is 0.627. The summed E-state index contributed by atoms with van der Waals surface area (Å²) in [5.41, 5.74) is 0.287. The summed E-state index contributed by atoms with van der Waals surface area (Å²) in [6.45, 7) is 7.28. The average molecular weight is 289 g/mol. The smallest absolute Gasteiger partial charge is 0.357 e. The van der Waals surface area contributed by atoms with Crippen LogP contribution in [-0.2, 0) is 6.54 Å². The lowest BCUT2D eigenvalue weighted by Gasteiger charge is -2.23. The van der Waals surface area contributed by atoms with Crippen molar-refractivity contribution < 1.29 is 4.92 Å². The second-order valence-electron chi connectivity index (χ2n) is 4.69. The Bertz CT molecular complexity index is 733. The van der Waals surface area contributed by atoms with Crippen molar-refractivity contribution in [3.8, 4) is 0 Å². The Labute approximate surface area is 122 Å². The topological polar surface area (TPSA) is 68.4 Å². The number of hydrogen-bond acceptors (Lipinski definition) is 4. The van der Waals surface area contributed by atoms with E-state index in [0.29, 0.717) is 25.3 Å². The summed E-state index contributed by atoms with van der Waals surface area (Å²) in [6, 6.07) is 7.34. The standard InChI is InChI=1S/C15H19N3O3/c1-4-16(5-2)13-11-9-7-8-10-12(11)17(6-3)15(19)14(13)18(20)21/h7-10H,4-6H2,1-3H3. The normalized spacial score (nSPS) is 10.8. The van der Waals surface area contributed by atoms with Crippen molar-refractivity contribution in [3.05, 3.63) is 44.7 Å². The van der Waals surface area contributed by atoms with Crippen molar-refractivity contribution in [1.29, 1.82) is 0 Å². The number of para-hydroxylation sites is 1. The van der Waals surface area contributed by atoms with Gasteiger partial charge in [-0.2, -0.15) is 0 Å². The van der Waals surface area contributed by atoms with Crippen LogP contribution in [0.4, 0.5) is 11.4 Å². The molecule has 6 heteroatoms. The first-order valence-corrected chi connectivity index (χ1v) is 7.11. The molecule has 1 aromatic carbocycles. The summed E-state index contributed by atoms with van der Waals surface area (Å²) in [5, 5.41) is 12.2. The van der Waals surface area contributed by atoms with E-state index in [-0.39, 0.29) is 5.69 Å². The lowest BCUT2D eigenvalue weighted by Crippen LogP contribution is -2.29. The summed E-state index contributed by atoms with van der Waals surface area (Å²) < 4.78 is 1.46. The van der Waals surface area contributed by atoms with E-state index in [4.69, 9.17) is 0 Å². The number of pyridine rings is 1. The van der Waals surface area contributed by atoms with Crippen LogP contribution in [0.1, 0.15) is 20.8 Å². The Morgan fingerprint density at radius 1 is 1.19 bits per heavy atom. The van der Waals surface area contributed by atoms with Crippen molar-refractivity contribution in [1.82, 2.24) is 4.57 Å². The summed E-state index contributed by atoms with van der Waals surface area (Å²) in [5.74, 6) is 0. The zero-order chi connectivity index (χ0) is 15.6. The molecule has 112 valence electrons. The van der Waals surface area contributed by atoms with Gasteiger partial charge in [-0.15, -0.1) is 0 Å². The molecular formula is C15H19N3O3. The summed E-state index contributed by atoms with van der Waals surface area (Å²) in [4.78, 5) is 25.3. The van der Waals surface area contributed by atoms with Crippen LogP contribution in [0, 0.1) is 10.1 Å². The number of aromatic nitrogens is 1. The van der Waals surface area contributed by atoms with Crippen molar-refractivity contribution in [2.24, 2.45) is 0 Å². The van der Waals surface area contributed by atoms with E-state index in [9.17, 15) is 14.9 Å². The first-order valence-electron chi connectivity index (χ1n) is 7.11. The molecule has 6 nitrogen and oxygen atoms in total. The second kappa shape index (κ2) is 5.95. The SMILES string of the molecule is CCN(CC)c1c([N+](=O)[O-])c(=O)n(CC)c2ccccc12. The molecule has 0 aliphatic rings. The highest BCUT2D eigenvalue weighted by Crippen LogP contribution is 2.33. The van der Waals surface area contributed by atoms with Crippen molar-refractivity contribution in [3.63, 3.8) is 0 Å². The highest BCUT2D eigenvalue weighted by Gasteiger charge is 2.27. The Balaban J connectivity index is 3.02. The predicted molar refractivity (Wildman–Crippen MR) is 84.1 cm³/mol. The third kappa shape index (κ3) is 2.37. The first-order chi connectivity index (χ1) is 10.1. The molecular weight excluding hydrogens is 270 g/mol. The van der Waals surface area contributed by atoms with Gasteiger partial charge in [0.25, 0.3) is 0 Å². The summed E-state index contributed by atoms with van der Waals surface area (Å²) in [7, 11) is 0. The van der Waals surface area contributed by atoms with Gasteiger partial charge in [0.2, 0.25) is 0 Å². The molecule has 2 rings (SSSR count). The van der Waals surface area contributed by atoms with Gasteiger partial charge < -0.3 is 9.47 Å². The summed E-state index contributed by atoms with van der Waals surface area (Å²) in [6.07, 6.45) is 0. The molecule has 2 aromatic rings. The van der Waals surface area contributed by atoms with E-state index in [1.165, 1.54) is 4.57 Å². The number of rotatable bonds is 5. The molecule has 0 saturated heterocycles. The lowest BCUT2D eigenvalue weighted by atomic mass is 10.1. The highest BCUT2D eigenvalue weighted by atomic mass is 16.6. The van der Waals surface area contributed by atoms with E-state index in [1.807, 2.05) is 49.9 Å². The Kier molecular flexibility index (Phi) is 4.26. The molecule has 0 aliphatic heterocycles. The van der Waals surface area contributed by atoms with Crippen LogP contribution in [0.2, 0.25) is 0 Å². The highest BCUT2D eigenvalue weighted by molar-refractivity contribution is 5.96. The van der Waals surface area contributed by atoms with Crippen LogP contribution in [0.15, 0.2) is 29.1 Å². The Hall–Kier alpha value is -2.37. The van der Waals surface area contributed by atoms with E-state index in [0.717, 1.165) is 10.9 Å². The molecule has 0 bridgehead atoms. The second-order valence-corrected chi connectivity index (χ2v) is 4.69. The van der Waals surface area contributed by atoms with E-state index in [1.54, 1.807) is 0 Å². The van der Waals surface area contributed by atoms with Gasteiger partial charge in [0.15, 0.2) is 0 Å². The number of anilines is 1. The van der Waals surface area contributed by atoms with E-state index >= 15 is 0 Å². The van der Waals surface area contributed by atoms with E-state index < -0.39 is 10.5 Å². The minimum absolute atomic E-state index is 0.334. The van der Waals surface area contributed by atoms with Crippen molar-refractivity contribution in [2.75, 3.05) is 18.0 Å². The first kappa shape index (κ1) is 15.0. The molecule has 1 heterocycles. The van der Waals surface area contributed by atoms with Gasteiger partial charge in [-0.05, 0) is 26.8 Å². The average Bonchev–Trinajstić information content (AvgIpc) is 2.48.